The molecule has 7 heteroatoms. The van der Waals surface area contributed by atoms with E-state index in [0.29, 0.717) is 33.1 Å². The number of hydrogen-bond acceptors (Lipinski definition) is 6. The van der Waals surface area contributed by atoms with E-state index in [4.69, 9.17) is 30.2 Å². The summed E-state index contributed by atoms with van der Waals surface area (Å²) in [6, 6.07) is 15.5. The summed E-state index contributed by atoms with van der Waals surface area (Å²) < 4.78 is 21.9. The molecule has 0 N–H and O–H groups in total. The predicted octanol–water partition coefficient (Wildman–Crippen LogP) is 6.22. The average molecular weight is 465 g/mol. The minimum Gasteiger partial charge on any atom is -0.489 e. The third-order valence-corrected chi connectivity index (χ3v) is 5.73. The van der Waals surface area contributed by atoms with Crippen LogP contribution in [0.25, 0.3) is 11.0 Å². The number of ether oxygens (including phenoxy) is 3. The van der Waals surface area contributed by atoms with Gasteiger partial charge in [0.25, 0.3) is 0 Å². The normalized spacial score (nSPS) is 10.8. The Balaban J connectivity index is 1.51. The van der Waals surface area contributed by atoms with Gasteiger partial charge in [-0.2, -0.15) is 0 Å². The number of carbonyl (C=O) groups excluding carboxylic acids is 1. The van der Waals surface area contributed by atoms with Crippen molar-refractivity contribution in [3.8, 4) is 17.2 Å². The fraction of sp³-hybridized carbons (Fsp3) is 0.154. The molecule has 0 fully saturated rings. The third-order valence-electron chi connectivity index (χ3n) is 5.13. The maximum atomic E-state index is 12.9. The number of carbonyl (C=O) groups is 1. The summed E-state index contributed by atoms with van der Waals surface area (Å²) in [5, 5.41) is 1.05. The summed E-state index contributed by atoms with van der Waals surface area (Å²) in [6.07, 6.45) is 1.29. The van der Waals surface area contributed by atoms with E-state index in [9.17, 15) is 9.59 Å². The highest BCUT2D eigenvalue weighted by molar-refractivity contribution is 6.32. The molecule has 33 heavy (non-hydrogen) atoms. The quantitative estimate of drug-likeness (QED) is 0.315. The number of fused-ring (bicyclic) bond motifs is 1. The highest BCUT2D eigenvalue weighted by atomic mass is 35.5. The van der Waals surface area contributed by atoms with Crippen LogP contribution in [0.3, 0.4) is 0 Å². The zero-order valence-electron chi connectivity index (χ0n) is 18.3. The van der Waals surface area contributed by atoms with Crippen molar-refractivity contribution in [2.24, 2.45) is 0 Å². The Morgan fingerprint density at radius 2 is 1.67 bits per heavy atom. The summed E-state index contributed by atoms with van der Waals surface area (Å²) in [7, 11) is 1.34. The van der Waals surface area contributed by atoms with E-state index in [-0.39, 0.29) is 17.8 Å². The minimum absolute atomic E-state index is 0.0861. The molecule has 1 aromatic heterocycles. The van der Waals surface area contributed by atoms with Crippen LogP contribution < -0.4 is 14.9 Å². The molecule has 0 spiro atoms. The number of hydrogen-bond donors (Lipinski definition) is 0. The van der Waals surface area contributed by atoms with Gasteiger partial charge in [0.2, 0.25) is 11.2 Å². The lowest BCUT2D eigenvalue weighted by Gasteiger charge is -2.10. The van der Waals surface area contributed by atoms with Crippen LogP contribution in [0.4, 0.5) is 0 Å². The number of methoxy groups -OCH3 is 1. The second kappa shape index (κ2) is 9.38. The number of halogens is 1. The standard InChI is InChI=1S/C26H21ClO6/c1-15-10-20(11-16(2)24(15)27)33-23-14-32-22-12-19(8-9-21(22)25(23)28)31-13-17-4-6-18(7-5-17)26(29)30-3/h4-12,14H,13H2,1-3H3. The second-order valence-corrected chi connectivity index (χ2v) is 7.92. The van der Waals surface area contributed by atoms with E-state index in [1.54, 1.807) is 54.6 Å². The van der Waals surface area contributed by atoms with Crippen LogP contribution in [-0.2, 0) is 11.3 Å². The van der Waals surface area contributed by atoms with Gasteiger partial charge >= 0.3 is 5.97 Å². The molecule has 0 aliphatic heterocycles. The molecule has 1 heterocycles. The molecular weight excluding hydrogens is 444 g/mol. The highest BCUT2D eigenvalue weighted by Crippen LogP contribution is 2.29. The summed E-state index contributed by atoms with van der Waals surface area (Å²) in [4.78, 5) is 24.4. The molecule has 0 aliphatic rings. The van der Waals surface area contributed by atoms with E-state index in [1.807, 2.05) is 13.8 Å². The molecule has 0 saturated heterocycles. The van der Waals surface area contributed by atoms with Crippen molar-refractivity contribution in [3.05, 3.63) is 98.4 Å². The second-order valence-electron chi connectivity index (χ2n) is 7.54. The van der Waals surface area contributed by atoms with E-state index >= 15 is 0 Å². The zero-order chi connectivity index (χ0) is 23.5. The summed E-state index contributed by atoms with van der Waals surface area (Å²) in [6.45, 7) is 4.04. The van der Waals surface area contributed by atoms with Crippen LogP contribution in [0.1, 0.15) is 27.0 Å². The first kappa shape index (κ1) is 22.4. The van der Waals surface area contributed by atoms with Gasteiger partial charge in [-0.1, -0.05) is 23.7 Å². The molecule has 0 atom stereocenters. The molecule has 0 radical (unpaired) electrons. The monoisotopic (exact) mass is 464 g/mol. The molecule has 3 aromatic carbocycles. The Kier molecular flexibility index (Phi) is 6.38. The topological polar surface area (TPSA) is 75.0 Å². The maximum absolute atomic E-state index is 12.9. The molecule has 168 valence electrons. The predicted molar refractivity (Wildman–Crippen MR) is 126 cm³/mol. The van der Waals surface area contributed by atoms with Gasteiger partial charge in [0.1, 0.15) is 30.0 Å². The van der Waals surface area contributed by atoms with Crippen molar-refractivity contribution in [1.29, 1.82) is 0 Å². The largest absolute Gasteiger partial charge is 0.489 e. The Bertz CT molecular complexity index is 1370. The molecular formula is C26H21ClO6. The van der Waals surface area contributed by atoms with Crippen LogP contribution in [0.2, 0.25) is 5.02 Å². The number of benzene rings is 3. The van der Waals surface area contributed by atoms with Crippen LogP contribution in [0.5, 0.6) is 17.2 Å². The number of aryl methyl sites for hydroxylation is 2. The lowest BCUT2D eigenvalue weighted by atomic mass is 10.1. The maximum Gasteiger partial charge on any atom is 0.337 e. The fourth-order valence-corrected chi connectivity index (χ4v) is 3.47. The van der Waals surface area contributed by atoms with Gasteiger partial charge in [-0.25, -0.2) is 4.79 Å². The average Bonchev–Trinajstić information content (AvgIpc) is 2.82. The summed E-state index contributed by atoms with van der Waals surface area (Å²) >= 11 is 6.20. The number of rotatable bonds is 6. The van der Waals surface area contributed by atoms with Crippen LogP contribution >= 0.6 is 11.6 Å². The summed E-state index contributed by atoms with van der Waals surface area (Å²) in [5.74, 6) is 0.749. The lowest BCUT2D eigenvalue weighted by Crippen LogP contribution is -2.05. The first-order valence-corrected chi connectivity index (χ1v) is 10.5. The van der Waals surface area contributed by atoms with Crippen LogP contribution in [0, 0.1) is 13.8 Å². The van der Waals surface area contributed by atoms with E-state index in [0.717, 1.165) is 16.7 Å². The summed E-state index contributed by atoms with van der Waals surface area (Å²) in [5.41, 5.74) is 3.16. The van der Waals surface area contributed by atoms with Gasteiger partial charge in [0.05, 0.1) is 18.1 Å². The molecule has 0 bridgehead atoms. The first-order chi connectivity index (χ1) is 15.9. The zero-order valence-corrected chi connectivity index (χ0v) is 19.1. The minimum atomic E-state index is -0.392. The van der Waals surface area contributed by atoms with Gasteiger partial charge in [0.15, 0.2) is 0 Å². The highest BCUT2D eigenvalue weighted by Gasteiger charge is 2.12. The SMILES string of the molecule is COC(=O)c1ccc(COc2ccc3c(=O)c(Oc4cc(C)c(Cl)c(C)c4)coc3c2)cc1. The van der Waals surface area contributed by atoms with Gasteiger partial charge < -0.3 is 18.6 Å². The Morgan fingerprint density at radius 3 is 2.33 bits per heavy atom. The molecule has 6 nitrogen and oxygen atoms in total. The van der Waals surface area contributed by atoms with Crippen molar-refractivity contribution in [2.45, 2.75) is 20.5 Å². The van der Waals surface area contributed by atoms with Crippen molar-refractivity contribution < 1.29 is 23.4 Å². The van der Waals surface area contributed by atoms with Gasteiger partial charge in [-0.05, 0) is 66.9 Å². The van der Waals surface area contributed by atoms with Crippen molar-refractivity contribution in [2.75, 3.05) is 7.11 Å². The molecule has 0 saturated carbocycles. The Hall–Kier alpha value is -3.77. The van der Waals surface area contributed by atoms with E-state index in [1.165, 1.54) is 13.4 Å². The van der Waals surface area contributed by atoms with Gasteiger partial charge in [0, 0.05) is 11.1 Å². The van der Waals surface area contributed by atoms with Gasteiger partial charge in [-0.15, -0.1) is 0 Å². The first-order valence-electron chi connectivity index (χ1n) is 10.2. The lowest BCUT2D eigenvalue weighted by molar-refractivity contribution is 0.0600. The third kappa shape index (κ3) is 4.86. The molecule has 4 aromatic rings. The molecule has 0 unspecified atom stereocenters. The van der Waals surface area contributed by atoms with Crippen LogP contribution in [0.15, 0.2) is 70.1 Å². The van der Waals surface area contributed by atoms with Crippen molar-refractivity contribution in [3.63, 3.8) is 0 Å². The molecule has 4 rings (SSSR count). The van der Waals surface area contributed by atoms with Crippen molar-refractivity contribution in [1.82, 2.24) is 0 Å². The van der Waals surface area contributed by atoms with Crippen molar-refractivity contribution >= 4 is 28.5 Å². The molecule has 0 aliphatic carbocycles. The van der Waals surface area contributed by atoms with Gasteiger partial charge in [-0.3, -0.25) is 4.79 Å². The Labute approximate surface area is 195 Å². The fourth-order valence-electron chi connectivity index (χ4n) is 3.36. The van der Waals surface area contributed by atoms with E-state index < -0.39 is 5.97 Å². The molecule has 0 amide bonds. The van der Waals surface area contributed by atoms with E-state index in [2.05, 4.69) is 0 Å². The Morgan fingerprint density at radius 1 is 0.970 bits per heavy atom. The van der Waals surface area contributed by atoms with Crippen LogP contribution in [-0.4, -0.2) is 13.1 Å². The number of esters is 1. The smallest absolute Gasteiger partial charge is 0.337 e.